The van der Waals surface area contributed by atoms with E-state index >= 15 is 0 Å². The minimum atomic E-state index is -0.492. The molecule has 0 aromatic heterocycles. The third kappa shape index (κ3) is 2.44. The zero-order valence-corrected chi connectivity index (χ0v) is 14.1. The molecule has 3 aliphatic rings. The highest BCUT2D eigenvalue weighted by atomic mass is 16.7. The lowest BCUT2D eigenvalue weighted by atomic mass is 9.55. The van der Waals surface area contributed by atoms with Crippen LogP contribution in [0.1, 0.15) is 49.4 Å². The smallest absolute Gasteiger partial charge is 0.173 e. The Kier molecular flexibility index (Phi) is 3.85. The van der Waals surface area contributed by atoms with Crippen molar-refractivity contribution in [3.8, 4) is 0 Å². The van der Waals surface area contributed by atoms with Gasteiger partial charge >= 0.3 is 0 Å². The van der Waals surface area contributed by atoms with Gasteiger partial charge < -0.3 is 9.47 Å². The van der Waals surface area contributed by atoms with Crippen molar-refractivity contribution in [1.29, 1.82) is 0 Å². The van der Waals surface area contributed by atoms with Crippen LogP contribution in [0, 0.1) is 17.3 Å². The van der Waals surface area contributed by atoms with E-state index in [0.717, 1.165) is 25.7 Å². The number of benzene rings is 1. The molecule has 2 saturated carbocycles. The van der Waals surface area contributed by atoms with Crippen LogP contribution in [0.5, 0.6) is 0 Å². The Bertz CT molecular complexity index is 647. The minimum absolute atomic E-state index is 0.0195. The summed E-state index contributed by atoms with van der Waals surface area (Å²) in [5.74, 6) is -0.611. The summed E-state index contributed by atoms with van der Waals surface area (Å²) >= 11 is 0. The van der Waals surface area contributed by atoms with Crippen LogP contribution in [0.3, 0.4) is 0 Å². The molecule has 0 bridgehead atoms. The van der Waals surface area contributed by atoms with Crippen LogP contribution in [0.25, 0.3) is 0 Å². The molecule has 1 saturated heterocycles. The SMILES string of the molecule is CC12CCC3(CC1CCC(C(=O)c1ccccc1)C2=O)OCCO3. The largest absolute Gasteiger partial charge is 0.348 e. The molecule has 1 heterocycles. The number of carbonyl (C=O) groups excluding carboxylic acids is 2. The van der Waals surface area contributed by atoms with Crippen LogP contribution in [0.2, 0.25) is 0 Å². The van der Waals surface area contributed by atoms with Gasteiger partial charge in [-0.15, -0.1) is 0 Å². The molecular formula is C20H24O4. The van der Waals surface area contributed by atoms with Gasteiger partial charge in [0.05, 0.1) is 19.1 Å². The summed E-state index contributed by atoms with van der Waals surface area (Å²) < 4.78 is 11.7. The zero-order valence-electron chi connectivity index (χ0n) is 14.1. The fourth-order valence-corrected chi connectivity index (χ4v) is 4.81. The number of hydrogen-bond donors (Lipinski definition) is 0. The first-order valence-electron chi connectivity index (χ1n) is 8.96. The third-order valence-corrected chi connectivity index (χ3v) is 6.36. The fraction of sp³-hybridized carbons (Fsp3) is 0.600. The van der Waals surface area contributed by atoms with Gasteiger partial charge in [-0.05, 0) is 25.2 Å². The van der Waals surface area contributed by atoms with E-state index in [9.17, 15) is 9.59 Å². The molecule has 0 radical (unpaired) electrons. The second kappa shape index (κ2) is 5.78. The van der Waals surface area contributed by atoms with Crippen molar-refractivity contribution in [3.63, 3.8) is 0 Å². The summed E-state index contributed by atoms with van der Waals surface area (Å²) in [6.45, 7) is 3.34. The normalized spacial score (nSPS) is 35.0. The van der Waals surface area contributed by atoms with Crippen LogP contribution in [-0.4, -0.2) is 30.6 Å². The molecule has 4 rings (SSSR count). The van der Waals surface area contributed by atoms with E-state index in [2.05, 4.69) is 0 Å². The van der Waals surface area contributed by atoms with Gasteiger partial charge in [0, 0.05) is 23.8 Å². The van der Waals surface area contributed by atoms with Crippen LogP contribution in [0.4, 0.5) is 0 Å². The maximum Gasteiger partial charge on any atom is 0.173 e. The highest BCUT2D eigenvalue weighted by Gasteiger charge is 2.56. The van der Waals surface area contributed by atoms with Crippen molar-refractivity contribution in [2.24, 2.45) is 17.3 Å². The van der Waals surface area contributed by atoms with Crippen molar-refractivity contribution in [3.05, 3.63) is 35.9 Å². The first kappa shape index (κ1) is 16.0. The molecule has 2 aliphatic carbocycles. The summed E-state index contributed by atoms with van der Waals surface area (Å²) in [4.78, 5) is 26.0. The predicted octanol–water partition coefficient (Wildman–Crippen LogP) is 3.40. The van der Waals surface area contributed by atoms with E-state index in [0.29, 0.717) is 25.2 Å². The Balaban J connectivity index is 1.55. The molecule has 3 atom stereocenters. The molecule has 3 fully saturated rings. The zero-order chi connectivity index (χ0) is 16.8. The van der Waals surface area contributed by atoms with Crippen molar-refractivity contribution >= 4 is 11.6 Å². The second-order valence-electron chi connectivity index (χ2n) is 7.65. The van der Waals surface area contributed by atoms with Crippen molar-refractivity contribution in [2.45, 2.75) is 44.8 Å². The lowest BCUT2D eigenvalue weighted by Crippen LogP contribution is -2.53. The number of Topliss-reactive ketones (excluding diaryl/α,β-unsaturated/α-hetero) is 2. The van der Waals surface area contributed by atoms with Gasteiger partial charge in [0.1, 0.15) is 5.78 Å². The lowest BCUT2D eigenvalue weighted by Gasteiger charge is -2.50. The third-order valence-electron chi connectivity index (χ3n) is 6.36. The van der Waals surface area contributed by atoms with Gasteiger partial charge in [-0.25, -0.2) is 0 Å². The van der Waals surface area contributed by atoms with Crippen molar-refractivity contribution in [2.75, 3.05) is 13.2 Å². The summed E-state index contributed by atoms with van der Waals surface area (Å²) in [6.07, 6.45) is 3.80. The van der Waals surface area contributed by atoms with Crippen molar-refractivity contribution < 1.29 is 19.1 Å². The topological polar surface area (TPSA) is 52.6 Å². The molecule has 0 amide bonds. The molecular weight excluding hydrogens is 304 g/mol. The molecule has 1 aromatic carbocycles. The molecule has 3 unspecified atom stereocenters. The Morgan fingerprint density at radius 2 is 1.79 bits per heavy atom. The number of ether oxygens (including phenoxy) is 2. The summed E-state index contributed by atoms with van der Waals surface area (Å²) in [5, 5.41) is 0. The highest BCUT2D eigenvalue weighted by molar-refractivity contribution is 6.12. The molecule has 24 heavy (non-hydrogen) atoms. The number of ketones is 2. The van der Waals surface area contributed by atoms with Crippen LogP contribution in [0.15, 0.2) is 30.3 Å². The Labute approximate surface area is 142 Å². The van der Waals surface area contributed by atoms with E-state index in [-0.39, 0.29) is 17.5 Å². The van der Waals surface area contributed by atoms with Crippen LogP contribution >= 0.6 is 0 Å². The quantitative estimate of drug-likeness (QED) is 0.617. The fourth-order valence-electron chi connectivity index (χ4n) is 4.81. The molecule has 1 aromatic rings. The molecule has 1 spiro atoms. The van der Waals surface area contributed by atoms with E-state index in [1.807, 2.05) is 25.1 Å². The van der Waals surface area contributed by atoms with Crippen LogP contribution in [-0.2, 0) is 14.3 Å². The monoisotopic (exact) mass is 328 g/mol. The molecule has 1 aliphatic heterocycles. The summed E-state index contributed by atoms with van der Waals surface area (Å²) in [7, 11) is 0. The van der Waals surface area contributed by atoms with E-state index in [1.54, 1.807) is 12.1 Å². The Morgan fingerprint density at radius 1 is 1.08 bits per heavy atom. The second-order valence-corrected chi connectivity index (χ2v) is 7.65. The average Bonchev–Trinajstić information content (AvgIpc) is 3.06. The van der Waals surface area contributed by atoms with Crippen molar-refractivity contribution in [1.82, 2.24) is 0 Å². The van der Waals surface area contributed by atoms with Gasteiger partial charge in [0.2, 0.25) is 0 Å². The van der Waals surface area contributed by atoms with Gasteiger partial charge in [0.15, 0.2) is 11.6 Å². The van der Waals surface area contributed by atoms with Gasteiger partial charge in [-0.1, -0.05) is 37.3 Å². The standard InChI is InChI=1S/C20H24O4/c1-19-9-10-20(23-11-12-24-20)13-15(19)7-8-16(18(19)22)17(21)14-5-3-2-4-6-14/h2-6,15-16H,7-13H2,1H3. The maximum atomic E-state index is 13.2. The van der Waals surface area contributed by atoms with Crippen LogP contribution < -0.4 is 0 Å². The highest BCUT2D eigenvalue weighted by Crippen LogP contribution is 2.54. The number of fused-ring (bicyclic) bond motifs is 1. The molecule has 128 valence electrons. The maximum absolute atomic E-state index is 13.2. The number of carbonyl (C=O) groups is 2. The molecule has 4 heteroatoms. The van der Waals surface area contributed by atoms with Gasteiger partial charge in [-0.3, -0.25) is 9.59 Å². The van der Waals surface area contributed by atoms with Gasteiger partial charge in [0.25, 0.3) is 0 Å². The Morgan fingerprint density at radius 3 is 2.50 bits per heavy atom. The molecule has 0 N–H and O–H groups in total. The first-order chi connectivity index (χ1) is 11.5. The average molecular weight is 328 g/mol. The molecule has 4 nitrogen and oxygen atoms in total. The predicted molar refractivity (Wildman–Crippen MR) is 88.6 cm³/mol. The Hall–Kier alpha value is -1.52. The minimum Gasteiger partial charge on any atom is -0.348 e. The first-order valence-corrected chi connectivity index (χ1v) is 8.96. The van der Waals surface area contributed by atoms with Gasteiger partial charge in [-0.2, -0.15) is 0 Å². The van der Waals surface area contributed by atoms with E-state index in [4.69, 9.17) is 9.47 Å². The lowest BCUT2D eigenvalue weighted by molar-refractivity contribution is -0.210. The number of rotatable bonds is 2. The van der Waals surface area contributed by atoms with E-state index < -0.39 is 17.1 Å². The summed E-state index contributed by atoms with van der Waals surface area (Å²) in [6, 6.07) is 9.20. The summed E-state index contributed by atoms with van der Waals surface area (Å²) in [5.41, 5.74) is 0.223. The number of hydrogen-bond acceptors (Lipinski definition) is 4. The van der Waals surface area contributed by atoms with E-state index in [1.165, 1.54) is 0 Å².